The summed E-state index contributed by atoms with van der Waals surface area (Å²) < 4.78 is 38.9. The number of thiophene rings is 1. The Morgan fingerprint density at radius 3 is 2.47 bits per heavy atom. The van der Waals surface area contributed by atoms with Gasteiger partial charge in [0.25, 0.3) is 0 Å². The van der Waals surface area contributed by atoms with Crippen molar-refractivity contribution in [1.82, 2.24) is 0 Å². The van der Waals surface area contributed by atoms with Crippen molar-refractivity contribution >= 4 is 28.6 Å². The molecule has 0 bridgehead atoms. The van der Waals surface area contributed by atoms with E-state index in [-0.39, 0.29) is 5.69 Å². The number of alkyl halides is 3. The van der Waals surface area contributed by atoms with E-state index in [1.807, 2.05) is 6.07 Å². The van der Waals surface area contributed by atoms with Crippen LogP contribution in [0.25, 0.3) is 0 Å². The van der Waals surface area contributed by atoms with Gasteiger partial charge in [-0.15, -0.1) is 11.3 Å². The zero-order chi connectivity index (χ0) is 13.9. The highest BCUT2D eigenvalue weighted by molar-refractivity contribution is 7.16. The van der Waals surface area contributed by atoms with Crippen LogP contribution in [0.3, 0.4) is 0 Å². The third-order valence-electron chi connectivity index (χ3n) is 2.55. The Labute approximate surface area is 118 Å². The average Bonchev–Trinajstić information content (AvgIpc) is 2.74. The van der Waals surface area contributed by atoms with E-state index in [0.29, 0.717) is 17.3 Å². The minimum Gasteiger partial charge on any atom is -0.384 e. The van der Waals surface area contributed by atoms with Crippen LogP contribution in [0.15, 0.2) is 36.4 Å². The van der Waals surface area contributed by atoms with Crippen LogP contribution in [0.2, 0.25) is 4.34 Å². The van der Waals surface area contributed by atoms with Crippen LogP contribution in [-0.2, 0) is 12.6 Å². The fourth-order valence-corrected chi connectivity index (χ4v) is 2.78. The highest BCUT2D eigenvalue weighted by atomic mass is 35.5. The van der Waals surface area contributed by atoms with Crippen molar-refractivity contribution in [2.45, 2.75) is 12.6 Å². The number of rotatable bonds is 4. The fourth-order valence-electron chi connectivity index (χ4n) is 1.69. The van der Waals surface area contributed by atoms with E-state index >= 15 is 0 Å². The normalized spacial score (nSPS) is 11.6. The van der Waals surface area contributed by atoms with E-state index in [4.69, 9.17) is 11.6 Å². The van der Waals surface area contributed by atoms with Crippen molar-refractivity contribution in [3.05, 3.63) is 51.2 Å². The lowest BCUT2D eigenvalue weighted by molar-refractivity contribution is -0.136. The van der Waals surface area contributed by atoms with Crippen LogP contribution < -0.4 is 5.32 Å². The first-order valence-electron chi connectivity index (χ1n) is 5.61. The molecular weight excluding hydrogens is 295 g/mol. The monoisotopic (exact) mass is 305 g/mol. The zero-order valence-electron chi connectivity index (χ0n) is 9.80. The van der Waals surface area contributed by atoms with Gasteiger partial charge in [-0.05, 0) is 30.7 Å². The van der Waals surface area contributed by atoms with Gasteiger partial charge in [0, 0.05) is 17.1 Å². The van der Waals surface area contributed by atoms with Crippen LogP contribution >= 0.6 is 22.9 Å². The highest BCUT2D eigenvalue weighted by Gasteiger charge is 2.32. The fraction of sp³-hybridized carbons (Fsp3) is 0.231. The molecule has 0 atom stereocenters. The zero-order valence-corrected chi connectivity index (χ0v) is 11.4. The van der Waals surface area contributed by atoms with Gasteiger partial charge in [-0.2, -0.15) is 13.2 Å². The summed E-state index contributed by atoms with van der Waals surface area (Å²) in [4.78, 5) is 1.04. The molecular formula is C13H11ClF3NS. The lowest BCUT2D eigenvalue weighted by Crippen LogP contribution is -2.12. The summed E-state index contributed by atoms with van der Waals surface area (Å²) >= 11 is 7.23. The molecule has 0 unspecified atom stereocenters. The number of halogens is 4. The molecule has 2 aromatic rings. The molecule has 1 aromatic carbocycles. The molecule has 0 saturated heterocycles. The van der Waals surface area contributed by atoms with E-state index in [0.717, 1.165) is 10.9 Å². The second kappa shape index (κ2) is 5.84. The van der Waals surface area contributed by atoms with Gasteiger partial charge in [-0.3, -0.25) is 0 Å². The Morgan fingerprint density at radius 1 is 1.11 bits per heavy atom. The van der Waals surface area contributed by atoms with Crippen molar-refractivity contribution < 1.29 is 13.2 Å². The number of para-hydroxylation sites is 1. The molecule has 102 valence electrons. The molecule has 0 fully saturated rings. The summed E-state index contributed by atoms with van der Waals surface area (Å²) in [6.45, 7) is 0.434. The molecule has 1 nitrogen and oxygen atoms in total. The minimum absolute atomic E-state index is 0.109. The van der Waals surface area contributed by atoms with Gasteiger partial charge in [0.2, 0.25) is 0 Å². The number of anilines is 1. The number of hydrogen-bond donors (Lipinski definition) is 1. The van der Waals surface area contributed by atoms with Gasteiger partial charge >= 0.3 is 6.18 Å². The molecule has 0 spiro atoms. The van der Waals surface area contributed by atoms with Crippen LogP contribution in [0.1, 0.15) is 10.4 Å². The number of nitrogens with one attached hydrogen (secondary N) is 1. The molecule has 2 rings (SSSR count). The Bertz CT molecular complexity index is 551. The van der Waals surface area contributed by atoms with Gasteiger partial charge in [-0.1, -0.05) is 23.7 Å². The first-order chi connectivity index (χ1) is 8.97. The van der Waals surface area contributed by atoms with Crippen molar-refractivity contribution in [3.8, 4) is 0 Å². The Balaban J connectivity index is 2.00. The van der Waals surface area contributed by atoms with Crippen molar-refractivity contribution in [2.24, 2.45) is 0 Å². The van der Waals surface area contributed by atoms with E-state index < -0.39 is 11.7 Å². The van der Waals surface area contributed by atoms with Crippen molar-refractivity contribution in [3.63, 3.8) is 0 Å². The van der Waals surface area contributed by atoms with Gasteiger partial charge in [0.15, 0.2) is 0 Å². The van der Waals surface area contributed by atoms with Crippen molar-refractivity contribution in [1.29, 1.82) is 0 Å². The standard InChI is InChI=1S/C13H11ClF3NS/c14-12-6-5-9(19-12)7-8-18-11-4-2-1-3-10(11)13(15,16)17/h1-6,18H,7-8H2. The molecule has 0 amide bonds. The largest absolute Gasteiger partial charge is 0.418 e. The average molecular weight is 306 g/mol. The summed E-state index contributed by atoms with van der Waals surface area (Å²) in [5, 5.41) is 2.82. The first kappa shape index (κ1) is 14.2. The summed E-state index contributed by atoms with van der Waals surface area (Å²) in [7, 11) is 0. The van der Waals surface area contributed by atoms with Crippen LogP contribution in [0.5, 0.6) is 0 Å². The first-order valence-corrected chi connectivity index (χ1v) is 6.80. The maximum Gasteiger partial charge on any atom is 0.418 e. The van der Waals surface area contributed by atoms with Gasteiger partial charge in [0.05, 0.1) is 9.90 Å². The Morgan fingerprint density at radius 2 is 1.84 bits per heavy atom. The summed E-state index contributed by atoms with van der Waals surface area (Å²) in [5.41, 5.74) is -0.531. The smallest absolute Gasteiger partial charge is 0.384 e. The summed E-state index contributed by atoms with van der Waals surface area (Å²) in [5.74, 6) is 0. The Hall–Kier alpha value is -1.20. The van der Waals surface area contributed by atoms with E-state index in [9.17, 15) is 13.2 Å². The predicted molar refractivity (Wildman–Crippen MR) is 73.0 cm³/mol. The molecule has 0 radical (unpaired) electrons. The molecule has 0 aliphatic carbocycles. The van der Waals surface area contributed by atoms with E-state index in [1.165, 1.54) is 23.5 Å². The third kappa shape index (κ3) is 3.88. The maximum atomic E-state index is 12.7. The molecule has 1 heterocycles. The number of benzene rings is 1. The predicted octanol–water partition coefficient (Wildman–Crippen LogP) is 5.07. The van der Waals surface area contributed by atoms with Gasteiger partial charge in [-0.25, -0.2) is 0 Å². The molecule has 1 aromatic heterocycles. The maximum absolute atomic E-state index is 12.7. The SMILES string of the molecule is FC(F)(F)c1ccccc1NCCc1ccc(Cl)s1. The molecule has 6 heteroatoms. The molecule has 19 heavy (non-hydrogen) atoms. The van der Waals surface area contributed by atoms with E-state index in [2.05, 4.69) is 5.32 Å². The van der Waals surface area contributed by atoms with Crippen LogP contribution in [-0.4, -0.2) is 6.54 Å². The quantitative estimate of drug-likeness (QED) is 0.831. The summed E-state index contributed by atoms with van der Waals surface area (Å²) in [6, 6.07) is 9.14. The Kier molecular flexibility index (Phi) is 4.37. The highest BCUT2D eigenvalue weighted by Crippen LogP contribution is 2.34. The van der Waals surface area contributed by atoms with Gasteiger partial charge in [0.1, 0.15) is 0 Å². The van der Waals surface area contributed by atoms with Crippen LogP contribution in [0, 0.1) is 0 Å². The molecule has 0 aliphatic rings. The summed E-state index contributed by atoms with van der Waals surface area (Å²) in [6.07, 6.45) is -3.70. The number of hydrogen-bond acceptors (Lipinski definition) is 2. The van der Waals surface area contributed by atoms with Crippen molar-refractivity contribution in [2.75, 3.05) is 11.9 Å². The van der Waals surface area contributed by atoms with E-state index in [1.54, 1.807) is 12.1 Å². The topological polar surface area (TPSA) is 12.0 Å². The molecule has 0 saturated carbocycles. The lowest BCUT2D eigenvalue weighted by Gasteiger charge is -2.13. The lowest BCUT2D eigenvalue weighted by atomic mass is 10.1. The second-order valence-electron chi connectivity index (χ2n) is 3.93. The second-order valence-corrected chi connectivity index (χ2v) is 5.73. The molecule has 0 aliphatic heterocycles. The minimum atomic E-state index is -4.34. The third-order valence-corrected chi connectivity index (χ3v) is 3.84. The van der Waals surface area contributed by atoms with Crippen LogP contribution in [0.4, 0.5) is 18.9 Å². The van der Waals surface area contributed by atoms with Gasteiger partial charge < -0.3 is 5.32 Å². The molecule has 1 N–H and O–H groups in total.